The molecule has 0 aliphatic heterocycles. The second kappa shape index (κ2) is 11.3. The van der Waals surface area contributed by atoms with Crippen molar-refractivity contribution in [2.24, 2.45) is 0 Å². The lowest BCUT2D eigenvalue weighted by Gasteiger charge is -2.28. The molecule has 0 bridgehead atoms. The van der Waals surface area contributed by atoms with Crippen molar-refractivity contribution in [3.63, 3.8) is 0 Å². The first kappa shape index (κ1) is 25.8. The smallest absolute Gasteiger partial charge is 0.274 e. The number of nitrogens with zero attached hydrogens (tertiary/aromatic N) is 4. The Morgan fingerprint density at radius 1 is 1.03 bits per heavy atom. The van der Waals surface area contributed by atoms with Crippen molar-refractivity contribution >= 4 is 39.4 Å². The summed E-state index contributed by atoms with van der Waals surface area (Å²) in [7, 11) is 1.80. The van der Waals surface area contributed by atoms with Crippen molar-refractivity contribution in [1.29, 1.82) is 0 Å². The lowest BCUT2D eigenvalue weighted by Crippen LogP contribution is -2.45. The number of imidazole rings is 1. The molecule has 0 saturated heterocycles. The number of hydrogen-bond acceptors (Lipinski definition) is 6. The number of amides is 2. The van der Waals surface area contributed by atoms with E-state index in [2.05, 4.69) is 27.4 Å². The number of aryl methyl sites for hydroxylation is 3. The Morgan fingerprint density at radius 2 is 1.74 bits per heavy atom. The van der Waals surface area contributed by atoms with Gasteiger partial charge in [0.2, 0.25) is 0 Å². The van der Waals surface area contributed by atoms with Gasteiger partial charge in [0.1, 0.15) is 11.4 Å². The van der Waals surface area contributed by atoms with Gasteiger partial charge >= 0.3 is 0 Å². The number of benzene rings is 2. The molecule has 0 aliphatic carbocycles. The third-order valence-electron chi connectivity index (χ3n) is 6.60. The van der Waals surface area contributed by atoms with E-state index in [1.807, 2.05) is 78.4 Å². The molecular formula is C29H29N5O2S2. The van der Waals surface area contributed by atoms with Crippen LogP contribution < -0.4 is 5.32 Å². The summed E-state index contributed by atoms with van der Waals surface area (Å²) >= 11 is 3.01. The van der Waals surface area contributed by atoms with Crippen molar-refractivity contribution in [3.05, 3.63) is 99.9 Å². The zero-order chi connectivity index (χ0) is 26.6. The molecule has 2 aromatic carbocycles. The Hall–Kier alpha value is -3.82. The number of hydrogen-bond donors (Lipinski definition) is 1. The lowest BCUT2D eigenvalue weighted by atomic mass is 10.0. The van der Waals surface area contributed by atoms with E-state index in [0.29, 0.717) is 30.0 Å². The molecule has 1 atom stereocenters. The van der Waals surface area contributed by atoms with Crippen LogP contribution in [0.2, 0.25) is 0 Å². The zero-order valence-corrected chi connectivity index (χ0v) is 23.2. The van der Waals surface area contributed by atoms with E-state index in [-0.39, 0.29) is 17.9 Å². The Labute approximate surface area is 229 Å². The maximum Gasteiger partial charge on any atom is 0.274 e. The maximum absolute atomic E-state index is 13.8. The fourth-order valence-electron chi connectivity index (χ4n) is 4.56. The van der Waals surface area contributed by atoms with E-state index in [4.69, 9.17) is 0 Å². The van der Waals surface area contributed by atoms with Crippen LogP contribution >= 0.6 is 22.7 Å². The van der Waals surface area contributed by atoms with Gasteiger partial charge in [-0.05, 0) is 37.8 Å². The van der Waals surface area contributed by atoms with Crippen LogP contribution in [-0.4, -0.2) is 50.7 Å². The standard InChI is InChI=1S/C29H29N5O2S2/c1-19-25(34-16-17-37-29(34)31-19)27(35)30-18-23(15-14-21-10-6-4-7-11-21)33(3)28(36)24-26(38-20(2)32-24)22-12-8-5-9-13-22/h4-13,16-17,23H,14-15,18H2,1-3H3,(H,30,35)/t23-/m1/s1. The molecule has 2 amide bonds. The van der Waals surface area contributed by atoms with Crippen LogP contribution in [0.15, 0.2) is 72.2 Å². The average Bonchev–Trinajstić information content (AvgIpc) is 3.63. The molecule has 7 nitrogen and oxygen atoms in total. The summed E-state index contributed by atoms with van der Waals surface area (Å²) < 4.78 is 1.81. The van der Waals surface area contributed by atoms with Crippen molar-refractivity contribution in [3.8, 4) is 10.4 Å². The molecule has 0 unspecified atom stereocenters. The number of fused-ring (bicyclic) bond motifs is 1. The summed E-state index contributed by atoms with van der Waals surface area (Å²) in [5.74, 6) is -0.352. The van der Waals surface area contributed by atoms with Gasteiger partial charge in [0.15, 0.2) is 4.96 Å². The van der Waals surface area contributed by atoms with E-state index >= 15 is 0 Å². The van der Waals surface area contributed by atoms with Gasteiger partial charge in [0.05, 0.1) is 15.6 Å². The van der Waals surface area contributed by atoms with Gasteiger partial charge in [-0.15, -0.1) is 22.7 Å². The third kappa shape index (κ3) is 5.39. The number of carbonyl (C=O) groups excluding carboxylic acids is 2. The normalized spacial score (nSPS) is 12.0. The molecule has 38 heavy (non-hydrogen) atoms. The van der Waals surface area contributed by atoms with Crippen molar-refractivity contribution < 1.29 is 9.59 Å². The molecule has 3 aromatic heterocycles. The van der Waals surface area contributed by atoms with Gasteiger partial charge in [0.25, 0.3) is 11.8 Å². The SMILES string of the molecule is Cc1nc(C(=O)N(C)[C@H](CCc2ccccc2)CNC(=O)c2c(C)nc3sccn23)c(-c2ccccc2)s1. The predicted molar refractivity (Wildman–Crippen MR) is 153 cm³/mol. The first-order valence-corrected chi connectivity index (χ1v) is 14.2. The minimum atomic E-state index is -0.233. The summed E-state index contributed by atoms with van der Waals surface area (Å²) in [5.41, 5.74) is 3.82. The molecule has 0 radical (unpaired) electrons. The summed E-state index contributed by atoms with van der Waals surface area (Å²) in [6.07, 6.45) is 3.32. The van der Waals surface area contributed by atoms with E-state index in [9.17, 15) is 9.59 Å². The van der Waals surface area contributed by atoms with Gasteiger partial charge in [0, 0.05) is 31.2 Å². The number of rotatable bonds is 9. The van der Waals surface area contributed by atoms with Crippen molar-refractivity contribution in [2.75, 3.05) is 13.6 Å². The average molecular weight is 544 g/mol. The molecule has 194 valence electrons. The monoisotopic (exact) mass is 543 g/mol. The van der Waals surface area contributed by atoms with Crippen molar-refractivity contribution in [1.82, 2.24) is 24.6 Å². The lowest BCUT2D eigenvalue weighted by molar-refractivity contribution is 0.0706. The molecule has 3 heterocycles. The molecule has 9 heteroatoms. The van der Waals surface area contributed by atoms with Crippen LogP contribution in [0.3, 0.4) is 0 Å². The maximum atomic E-state index is 13.8. The Kier molecular flexibility index (Phi) is 7.67. The van der Waals surface area contributed by atoms with Crippen LogP contribution in [-0.2, 0) is 6.42 Å². The first-order valence-electron chi connectivity index (χ1n) is 12.5. The molecule has 0 aliphatic rings. The highest BCUT2D eigenvalue weighted by atomic mass is 32.1. The van der Waals surface area contributed by atoms with Crippen LogP contribution in [0.4, 0.5) is 0 Å². The number of nitrogens with one attached hydrogen (secondary N) is 1. The van der Waals surface area contributed by atoms with Crippen LogP contribution in [0.5, 0.6) is 0 Å². The van der Waals surface area contributed by atoms with Gasteiger partial charge in [-0.25, -0.2) is 9.97 Å². The molecule has 0 fully saturated rings. The van der Waals surface area contributed by atoms with Gasteiger partial charge < -0.3 is 10.2 Å². The largest absolute Gasteiger partial charge is 0.349 e. The van der Waals surface area contributed by atoms with Gasteiger partial charge in [-0.1, -0.05) is 60.7 Å². The Bertz CT molecular complexity index is 1560. The summed E-state index contributed by atoms with van der Waals surface area (Å²) in [4.78, 5) is 39.5. The number of aromatic nitrogens is 3. The third-order valence-corrected chi connectivity index (χ3v) is 8.38. The summed E-state index contributed by atoms with van der Waals surface area (Å²) in [6, 6.07) is 19.8. The van der Waals surface area contributed by atoms with E-state index in [1.165, 1.54) is 28.2 Å². The van der Waals surface area contributed by atoms with E-state index < -0.39 is 0 Å². The number of likely N-dealkylation sites (N-methyl/N-ethyl adjacent to an activating group) is 1. The molecule has 0 spiro atoms. The fraction of sp³-hybridized carbons (Fsp3) is 0.241. The predicted octanol–water partition coefficient (Wildman–Crippen LogP) is 5.64. The quantitative estimate of drug-likeness (QED) is 0.261. The topological polar surface area (TPSA) is 79.6 Å². The molecule has 1 N–H and O–H groups in total. The van der Waals surface area contributed by atoms with Gasteiger partial charge in [-0.2, -0.15) is 0 Å². The van der Waals surface area contributed by atoms with Gasteiger partial charge in [-0.3, -0.25) is 14.0 Å². The van der Waals surface area contributed by atoms with E-state index in [0.717, 1.165) is 26.8 Å². The highest BCUT2D eigenvalue weighted by molar-refractivity contribution is 7.15. The second-order valence-corrected chi connectivity index (χ2v) is 11.3. The summed E-state index contributed by atoms with van der Waals surface area (Å²) in [6.45, 7) is 4.07. The zero-order valence-electron chi connectivity index (χ0n) is 21.5. The van der Waals surface area contributed by atoms with E-state index in [1.54, 1.807) is 11.9 Å². The summed E-state index contributed by atoms with van der Waals surface area (Å²) in [5, 5.41) is 5.83. The molecule has 5 aromatic rings. The minimum Gasteiger partial charge on any atom is -0.349 e. The first-order chi connectivity index (χ1) is 18.4. The minimum absolute atomic E-state index is 0.152. The Morgan fingerprint density at radius 3 is 2.47 bits per heavy atom. The number of thiazole rings is 2. The molecule has 0 saturated carbocycles. The highest BCUT2D eigenvalue weighted by Crippen LogP contribution is 2.31. The van der Waals surface area contributed by atoms with Crippen molar-refractivity contribution in [2.45, 2.75) is 32.7 Å². The molecule has 5 rings (SSSR count). The van der Waals surface area contributed by atoms with Crippen LogP contribution in [0.1, 0.15) is 43.7 Å². The second-order valence-electron chi connectivity index (χ2n) is 9.18. The van der Waals surface area contributed by atoms with Crippen LogP contribution in [0.25, 0.3) is 15.4 Å². The van der Waals surface area contributed by atoms with Crippen LogP contribution in [0, 0.1) is 13.8 Å². The highest BCUT2D eigenvalue weighted by Gasteiger charge is 2.27. The molecular weight excluding hydrogens is 514 g/mol. The number of carbonyl (C=O) groups is 2. The fourth-order valence-corrected chi connectivity index (χ4v) is 6.24. The Balaban J connectivity index is 1.38.